The maximum atomic E-state index is 12.0. The van der Waals surface area contributed by atoms with Gasteiger partial charge in [0.15, 0.2) is 0 Å². The Balaban J connectivity index is 2.47. The van der Waals surface area contributed by atoms with Gasteiger partial charge in [0.1, 0.15) is 0 Å². The molecule has 7 heteroatoms. The zero-order valence-corrected chi connectivity index (χ0v) is 14.2. The number of carbonyl (C=O) groups excluding carboxylic acids is 1. The zero-order chi connectivity index (χ0) is 16.6. The van der Waals surface area contributed by atoms with E-state index in [0.29, 0.717) is 10.8 Å². The SMILES string of the molecule is COCC(C)(CC(=O)O)NC(=O)CCSc1ccccc1Cl. The number of hydrogen-bond donors (Lipinski definition) is 2. The summed E-state index contributed by atoms with van der Waals surface area (Å²) in [6.45, 7) is 1.80. The van der Waals surface area contributed by atoms with E-state index in [9.17, 15) is 9.59 Å². The summed E-state index contributed by atoms with van der Waals surface area (Å²) < 4.78 is 5.00. The van der Waals surface area contributed by atoms with Crippen LogP contribution in [0.4, 0.5) is 0 Å². The van der Waals surface area contributed by atoms with Crippen molar-refractivity contribution in [2.45, 2.75) is 30.2 Å². The molecular formula is C15H20ClNO4S. The van der Waals surface area contributed by atoms with Gasteiger partial charge in [-0.3, -0.25) is 9.59 Å². The number of nitrogens with one attached hydrogen (secondary N) is 1. The van der Waals surface area contributed by atoms with Crippen molar-refractivity contribution in [2.24, 2.45) is 0 Å². The molecule has 0 bridgehead atoms. The molecule has 1 aromatic rings. The Hall–Kier alpha value is -1.24. The molecule has 0 aliphatic rings. The van der Waals surface area contributed by atoms with Crippen LogP contribution in [0.15, 0.2) is 29.2 Å². The van der Waals surface area contributed by atoms with Crippen LogP contribution in [0.2, 0.25) is 5.02 Å². The Kier molecular flexibility index (Phi) is 7.72. The van der Waals surface area contributed by atoms with Crippen LogP contribution in [0.25, 0.3) is 0 Å². The first-order valence-corrected chi connectivity index (χ1v) is 8.12. The van der Waals surface area contributed by atoms with Gasteiger partial charge in [0.05, 0.1) is 23.6 Å². The van der Waals surface area contributed by atoms with E-state index in [1.54, 1.807) is 13.0 Å². The van der Waals surface area contributed by atoms with Gasteiger partial charge in [-0.05, 0) is 19.1 Å². The quantitative estimate of drug-likeness (QED) is 0.673. The van der Waals surface area contributed by atoms with E-state index in [4.69, 9.17) is 21.4 Å². The van der Waals surface area contributed by atoms with Gasteiger partial charge in [0, 0.05) is 24.2 Å². The first-order valence-electron chi connectivity index (χ1n) is 6.75. The minimum Gasteiger partial charge on any atom is -0.481 e. The van der Waals surface area contributed by atoms with Crippen molar-refractivity contribution in [3.8, 4) is 0 Å². The molecule has 1 unspecified atom stereocenters. The van der Waals surface area contributed by atoms with E-state index in [0.717, 1.165) is 4.90 Å². The van der Waals surface area contributed by atoms with E-state index in [1.807, 2.05) is 18.2 Å². The highest BCUT2D eigenvalue weighted by molar-refractivity contribution is 7.99. The third-order valence-electron chi connectivity index (χ3n) is 2.87. The molecule has 0 spiro atoms. The van der Waals surface area contributed by atoms with Gasteiger partial charge in [-0.2, -0.15) is 0 Å². The number of aliphatic carboxylic acids is 1. The largest absolute Gasteiger partial charge is 0.481 e. The fourth-order valence-corrected chi connectivity index (χ4v) is 3.19. The second kappa shape index (κ2) is 9.02. The van der Waals surface area contributed by atoms with Gasteiger partial charge in [0.2, 0.25) is 5.91 Å². The number of carboxylic acids is 1. The maximum Gasteiger partial charge on any atom is 0.305 e. The standard InChI is InChI=1S/C15H20ClNO4S/c1-15(10-21-2,9-14(19)20)17-13(18)7-8-22-12-6-4-3-5-11(12)16/h3-6H,7-10H2,1-2H3,(H,17,18)(H,19,20). The summed E-state index contributed by atoms with van der Waals surface area (Å²) in [5.74, 6) is -0.628. The van der Waals surface area contributed by atoms with Crippen molar-refractivity contribution in [3.63, 3.8) is 0 Å². The van der Waals surface area contributed by atoms with Crippen LogP contribution in [-0.4, -0.2) is 42.0 Å². The molecule has 0 aliphatic carbocycles. The highest BCUT2D eigenvalue weighted by Crippen LogP contribution is 2.26. The van der Waals surface area contributed by atoms with Crippen LogP contribution in [0.1, 0.15) is 19.8 Å². The number of methoxy groups -OCH3 is 1. The molecule has 2 N–H and O–H groups in total. The second-order valence-corrected chi connectivity index (χ2v) is 6.69. The lowest BCUT2D eigenvalue weighted by Crippen LogP contribution is -2.50. The molecule has 0 fully saturated rings. The summed E-state index contributed by atoms with van der Waals surface area (Å²) in [7, 11) is 1.47. The fraction of sp³-hybridized carbons (Fsp3) is 0.467. The van der Waals surface area contributed by atoms with Crippen molar-refractivity contribution >= 4 is 35.2 Å². The van der Waals surface area contributed by atoms with Crippen molar-refractivity contribution < 1.29 is 19.4 Å². The molecule has 1 atom stereocenters. The molecule has 0 heterocycles. The van der Waals surface area contributed by atoms with Crippen molar-refractivity contribution in [1.29, 1.82) is 0 Å². The molecule has 0 radical (unpaired) electrons. The average Bonchev–Trinajstić information content (AvgIpc) is 2.39. The second-order valence-electron chi connectivity index (χ2n) is 5.14. The van der Waals surface area contributed by atoms with Crippen molar-refractivity contribution in [3.05, 3.63) is 29.3 Å². The van der Waals surface area contributed by atoms with Gasteiger partial charge < -0.3 is 15.2 Å². The van der Waals surface area contributed by atoms with Crippen LogP contribution in [0.3, 0.4) is 0 Å². The number of hydrogen-bond acceptors (Lipinski definition) is 4. The van der Waals surface area contributed by atoms with Gasteiger partial charge in [0.25, 0.3) is 0 Å². The summed E-state index contributed by atoms with van der Waals surface area (Å²) in [5, 5.41) is 12.3. The minimum absolute atomic E-state index is 0.142. The molecule has 0 saturated carbocycles. The first kappa shape index (κ1) is 18.8. The maximum absolute atomic E-state index is 12.0. The molecule has 0 aromatic heterocycles. The Bertz CT molecular complexity index is 526. The normalized spacial score (nSPS) is 13.4. The molecule has 0 aliphatic heterocycles. The van der Waals surface area contributed by atoms with Crippen LogP contribution >= 0.6 is 23.4 Å². The predicted molar refractivity (Wildman–Crippen MR) is 87.5 cm³/mol. The van der Waals surface area contributed by atoms with E-state index in [2.05, 4.69) is 5.32 Å². The average molecular weight is 346 g/mol. The van der Waals surface area contributed by atoms with Crippen LogP contribution in [0.5, 0.6) is 0 Å². The number of carboxylic acid groups (broad SMARTS) is 1. The van der Waals surface area contributed by atoms with E-state index < -0.39 is 11.5 Å². The third kappa shape index (κ3) is 6.68. The fourth-order valence-electron chi connectivity index (χ4n) is 2.00. The summed E-state index contributed by atoms with van der Waals surface area (Å²) in [6, 6.07) is 7.43. The zero-order valence-electron chi connectivity index (χ0n) is 12.6. The van der Waals surface area contributed by atoms with E-state index >= 15 is 0 Å². The first-order chi connectivity index (χ1) is 10.4. The van der Waals surface area contributed by atoms with Gasteiger partial charge >= 0.3 is 5.97 Å². The Morgan fingerprint density at radius 1 is 1.41 bits per heavy atom. The van der Waals surface area contributed by atoms with Crippen LogP contribution < -0.4 is 5.32 Å². The molecule has 1 amide bonds. The molecule has 5 nitrogen and oxygen atoms in total. The Morgan fingerprint density at radius 3 is 2.68 bits per heavy atom. The molecule has 122 valence electrons. The summed E-state index contributed by atoms with van der Waals surface area (Å²) in [6.07, 6.45) is 0.0824. The molecule has 1 aromatic carbocycles. The lowest BCUT2D eigenvalue weighted by Gasteiger charge is -2.28. The summed E-state index contributed by atoms with van der Waals surface area (Å²) in [5.41, 5.74) is -0.910. The monoisotopic (exact) mass is 345 g/mol. The lowest BCUT2D eigenvalue weighted by molar-refractivity contribution is -0.139. The minimum atomic E-state index is -0.981. The summed E-state index contributed by atoms with van der Waals surface area (Å²) in [4.78, 5) is 23.8. The molecule has 22 heavy (non-hydrogen) atoms. The number of carbonyl (C=O) groups is 2. The van der Waals surface area contributed by atoms with Crippen LogP contribution in [-0.2, 0) is 14.3 Å². The Morgan fingerprint density at radius 2 is 2.09 bits per heavy atom. The molecular weight excluding hydrogens is 326 g/mol. The predicted octanol–water partition coefficient (Wildman–Crippen LogP) is 2.82. The van der Waals surface area contributed by atoms with Gasteiger partial charge in [-0.25, -0.2) is 0 Å². The highest BCUT2D eigenvalue weighted by Gasteiger charge is 2.29. The number of ether oxygens (including phenoxy) is 1. The number of thioether (sulfide) groups is 1. The highest BCUT2D eigenvalue weighted by atomic mass is 35.5. The van der Waals surface area contributed by atoms with Crippen molar-refractivity contribution in [1.82, 2.24) is 5.32 Å². The van der Waals surface area contributed by atoms with Gasteiger partial charge in [-0.15, -0.1) is 11.8 Å². The van der Waals surface area contributed by atoms with E-state index in [1.165, 1.54) is 18.9 Å². The number of rotatable bonds is 9. The Labute approximate surface area is 139 Å². The number of benzene rings is 1. The summed E-state index contributed by atoms with van der Waals surface area (Å²) >= 11 is 7.53. The topological polar surface area (TPSA) is 75.6 Å². The lowest BCUT2D eigenvalue weighted by atomic mass is 9.99. The van der Waals surface area contributed by atoms with Crippen LogP contribution in [0, 0.1) is 0 Å². The smallest absolute Gasteiger partial charge is 0.305 e. The van der Waals surface area contributed by atoms with Crippen molar-refractivity contribution in [2.75, 3.05) is 19.5 Å². The molecule has 1 rings (SSSR count). The number of halogens is 1. The van der Waals surface area contributed by atoms with Gasteiger partial charge in [-0.1, -0.05) is 23.7 Å². The molecule has 0 saturated heterocycles. The number of amides is 1. The third-order valence-corrected chi connectivity index (χ3v) is 4.39. The van der Waals surface area contributed by atoms with E-state index in [-0.39, 0.29) is 25.4 Å².